The maximum Gasteiger partial charge on any atom is 0.245 e. The van der Waals surface area contributed by atoms with Crippen LogP contribution in [0, 0.1) is 0 Å². The minimum atomic E-state index is -1.70. The van der Waals surface area contributed by atoms with Crippen molar-refractivity contribution in [2.45, 2.75) is 73.8 Å². The Morgan fingerprint density at radius 3 is 2.13 bits per heavy atom. The van der Waals surface area contributed by atoms with E-state index in [0.717, 1.165) is 0 Å². The van der Waals surface area contributed by atoms with Crippen LogP contribution >= 0.6 is 21.6 Å². The second-order valence-corrected chi connectivity index (χ2v) is 16.8. The van der Waals surface area contributed by atoms with Crippen molar-refractivity contribution in [1.82, 2.24) is 37.2 Å². The molecule has 2 aromatic carbocycles. The van der Waals surface area contributed by atoms with Crippen molar-refractivity contribution in [2.75, 3.05) is 44.5 Å². The number of amides is 7. The monoisotopic (exact) mass is 924 g/mol. The van der Waals surface area contributed by atoms with Gasteiger partial charge in [-0.15, -0.1) is 0 Å². The van der Waals surface area contributed by atoms with Crippen LogP contribution in [0.25, 0.3) is 0 Å². The summed E-state index contributed by atoms with van der Waals surface area (Å²) < 4.78 is 10.9. The fraction of sp³-hybridized carbons (Fsp3) is 0.500. The molecular weight excluding hydrogens is 873 g/mol. The lowest BCUT2D eigenvalue weighted by atomic mass is 9.99. The van der Waals surface area contributed by atoms with E-state index in [1.165, 1.54) is 33.7 Å². The number of primary amides is 1. The average molecular weight is 925 g/mol. The average Bonchev–Trinajstić information content (AvgIpc) is 3.26. The molecular formula is C38H52N8O15S2. The molecule has 346 valence electrons. The molecule has 7 amide bonds. The van der Waals surface area contributed by atoms with Crippen molar-refractivity contribution in [1.29, 1.82) is 0 Å². The summed E-state index contributed by atoms with van der Waals surface area (Å²) in [5, 5.41) is 77.0. The van der Waals surface area contributed by atoms with Gasteiger partial charge in [0.15, 0.2) is 6.29 Å². The molecule has 2 aromatic rings. The van der Waals surface area contributed by atoms with Gasteiger partial charge >= 0.3 is 0 Å². The van der Waals surface area contributed by atoms with Crippen LogP contribution in [0.1, 0.15) is 11.1 Å². The van der Waals surface area contributed by atoms with Gasteiger partial charge in [-0.3, -0.25) is 38.9 Å². The van der Waals surface area contributed by atoms with Crippen LogP contribution in [-0.2, 0) is 55.9 Å². The molecule has 0 saturated carbocycles. The van der Waals surface area contributed by atoms with E-state index in [1.807, 2.05) is 0 Å². The molecule has 2 aliphatic heterocycles. The zero-order valence-corrected chi connectivity index (χ0v) is 35.2. The van der Waals surface area contributed by atoms with E-state index in [2.05, 4.69) is 37.2 Å². The van der Waals surface area contributed by atoms with Gasteiger partial charge < -0.3 is 77.7 Å². The van der Waals surface area contributed by atoms with Crippen LogP contribution in [-0.4, -0.2) is 177 Å². The first-order valence-electron chi connectivity index (χ1n) is 19.5. The lowest BCUT2D eigenvalue weighted by Crippen LogP contribution is -2.60. The number of nitrogens with two attached hydrogens (primary N) is 1. The second-order valence-electron chi connectivity index (χ2n) is 14.3. The fourth-order valence-corrected chi connectivity index (χ4v) is 8.39. The van der Waals surface area contributed by atoms with Gasteiger partial charge in [-0.05, 0) is 29.7 Å². The van der Waals surface area contributed by atoms with Gasteiger partial charge in [0, 0.05) is 17.9 Å². The third kappa shape index (κ3) is 15.9. The number of phenols is 1. The number of carbonyl (C=O) groups is 7. The largest absolute Gasteiger partial charge is 0.508 e. The first kappa shape index (κ1) is 50.6. The molecule has 2 saturated heterocycles. The third-order valence-corrected chi connectivity index (χ3v) is 12.0. The highest BCUT2D eigenvalue weighted by molar-refractivity contribution is 8.76. The van der Waals surface area contributed by atoms with Gasteiger partial charge in [-0.25, -0.2) is 0 Å². The predicted molar refractivity (Wildman–Crippen MR) is 224 cm³/mol. The molecule has 2 aliphatic rings. The zero-order valence-electron chi connectivity index (χ0n) is 33.6. The number of carbonyl (C=O) groups excluding carboxylic acids is 7. The molecule has 2 fully saturated rings. The number of ether oxygens (including phenoxy) is 2. The van der Waals surface area contributed by atoms with E-state index in [-0.39, 0.29) is 30.1 Å². The SMILES string of the molecule is NC(=O)CNC(=O)C(CO)NC(=O)C(Cc1ccccc1)NC(=O)CNC(=O)C1CSSCC(NC(=O)C(Cc2ccc(O)cc2)NCO[C@@H]2O[C@H](CO)[C@@H](O)[C@H](O)[C@H]2O)C(=O)N1. The number of aliphatic hydroxyl groups is 5. The van der Waals surface area contributed by atoms with Crippen molar-refractivity contribution in [3.8, 4) is 5.75 Å². The Labute approximate surface area is 368 Å². The smallest absolute Gasteiger partial charge is 0.245 e. The summed E-state index contributed by atoms with van der Waals surface area (Å²) in [6.07, 6.45) is -7.79. The summed E-state index contributed by atoms with van der Waals surface area (Å²) >= 11 is 0. The lowest BCUT2D eigenvalue weighted by molar-refractivity contribution is -0.302. The molecule has 25 heteroatoms. The molecule has 0 aliphatic carbocycles. The summed E-state index contributed by atoms with van der Waals surface area (Å²) in [6.45, 7) is -3.16. The molecule has 23 nitrogen and oxygen atoms in total. The van der Waals surface area contributed by atoms with Crippen LogP contribution < -0.4 is 43.0 Å². The molecule has 0 spiro atoms. The number of phenolic OH excluding ortho intramolecular Hbond substituents is 1. The highest BCUT2D eigenvalue weighted by Gasteiger charge is 2.44. The molecule has 4 rings (SSSR count). The normalized spacial score (nSPS) is 23.9. The molecule has 10 atom stereocenters. The van der Waals surface area contributed by atoms with Gasteiger partial charge in [0.25, 0.3) is 0 Å². The van der Waals surface area contributed by atoms with Gasteiger partial charge in [0.05, 0.1) is 32.3 Å². The Kier molecular flexibility index (Phi) is 20.3. The lowest BCUT2D eigenvalue weighted by Gasteiger charge is -2.39. The molecule has 63 heavy (non-hydrogen) atoms. The minimum absolute atomic E-state index is 0.00958. The summed E-state index contributed by atoms with van der Waals surface area (Å²) in [5.41, 5.74) is 6.26. The molecule has 0 bridgehead atoms. The predicted octanol–water partition coefficient (Wildman–Crippen LogP) is -6.05. The van der Waals surface area contributed by atoms with E-state index >= 15 is 0 Å². The molecule has 5 unspecified atom stereocenters. The maximum atomic E-state index is 13.7. The number of hydrogen-bond acceptors (Lipinski definition) is 18. The van der Waals surface area contributed by atoms with Gasteiger partial charge in [0.1, 0.15) is 61.1 Å². The van der Waals surface area contributed by atoms with E-state index in [1.54, 1.807) is 42.5 Å². The number of benzene rings is 2. The number of aromatic hydroxyl groups is 1. The van der Waals surface area contributed by atoms with Crippen molar-refractivity contribution >= 4 is 62.9 Å². The number of nitrogens with one attached hydrogen (secondary N) is 7. The quantitative estimate of drug-likeness (QED) is 0.0409. The molecule has 0 radical (unpaired) electrons. The number of hydrogen-bond donors (Lipinski definition) is 14. The Balaban J connectivity index is 1.35. The molecule has 15 N–H and O–H groups in total. The first-order chi connectivity index (χ1) is 30.1. The van der Waals surface area contributed by atoms with Crippen molar-refractivity contribution in [2.24, 2.45) is 5.73 Å². The Morgan fingerprint density at radius 2 is 1.46 bits per heavy atom. The number of rotatable bonds is 21. The topological polar surface area (TPSA) is 370 Å². The third-order valence-electron chi connectivity index (χ3n) is 9.55. The Bertz CT molecular complexity index is 1870. The first-order valence-corrected chi connectivity index (χ1v) is 22.0. The van der Waals surface area contributed by atoms with Gasteiger partial charge in [0.2, 0.25) is 41.4 Å². The molecule has 2 heterocycles. The van der Waals surface area contributed by atoms with Crippen LogP contribution in [0.5, 0.6) is 5.75 Å². The summed E-state index contributed by atoms with van der Waals surface area (Å²) in [5.74, 6) is -5.45. The fourth-order valence-electron chi connectivity index (χ4n) is 6.06. The van der Waals surface area contributed by atoms with Gasteiger partial charge in [-0.2, -0.15) is 0 Å². The van der Waals surface area contributed by atoms with Crippen LogP contribution in [0.3, 0.4) is 0 Å². The van der Waals surface area contributed by atoms with Crippen molar-refractivity contribution in [3.63, 3.8) is 0 Å². The summed E-state index contributed by atoms with van der Waals surface area (Å²) in [4.78, 5) is 90.3. The standard InChI is InChI=1S/C38H52N8O15S2/c39-28(50)12-40-33(55)24(14-47)44-36(58)23(11-19-4-2-1-3-5-19)43-29(51)13-41-34(56)25-16-62-63-17-26(37(59)45-25)46-35(57)22(10-20-6-8-21(49)9-7-20)42-18-60-38-32(54)31(53)30(52)27(15-48)61-38/h1-9,22-27,30-32,38,42,47-49,52-54H,10-18H2,(H2,39,50)(H,40,55)(H,41,56)(H,43,51)(H,44,58)(H,45,59)(H,46,57)/t22?,23?,24?,25?,26?,27-,30-,31+,32-,38-/m1/s1. The van der Waals surface area contributed by atoms with Crippen LogP contribution in [0.15, 0.2) is 54.6 Å². The highest BCUT2D eigenvalue weighted by Crippen LogP contribution is 2.25. The highest BCUT2D eigenvalue weighted by atomic mass is 33.1. The van der Waals surface area contributed by atoms with E-state index < -0.39 is 135 Å². The molecule has 0 aromatic heterocycles. The minimum Gasteiger partial charge on any atom is -0.508 e. The van der Waals surface area contributed by atoms with Crippen molar-refractivity contribution in [3.05, 3.63) is 65.7 Å². The van der Waals surface area contributed by atoms with Gasteiger partial charge in [-0.1, -0.05) is 64.1 Å². The van der Waals surface area contributed by atoms with E-state index in [9.17, 15) is 64.2 Å². The van der Waals surface area contributed by atoms with E-state index in [0.29, 0.717) is 11.1 Å². The zero-order chi connectivity index (χ0) is 46.1. The summed E-state index contributed by atoms with van der Waals surface area (Å²) in [6, 6.07) is 8.25. The maximum absolute atomic E-state index is 13.7. The Morgan fingerprint density at radius 1 is 0.794 bits per heavy atom. The number of aliphatic hydroxyl groups excluding tert-OH is 5. The second kappa shape index (κ2) is 25.3. The van der Waals surface area contributed by atoms with E-state index in [4.69, 9.17) is 15.2 Å². The summed E-state index contributed by atoms with van der Waals surface area (Å²) in [7, 11) is 2.41. The van der Waals surface area contributed by atoms with Crippen LogP contribution in [0.2, 0.25) is 0 Å². The van der Waals surface area contributed by atoms with Crippen LogP contribution in [0.4, 0.5) is 0 Å². The Hall–Kier alpha value is -5.09. The van der Waals surface area contributed by atoms with Crippen molar-refractivity contribution < 1.29 is 73.7 Å².